The number of rotatable bonds is 5. The van der Waals surface area contributed by atoms with Crippen LogP contribution in [-0.4, -0.2) is 30.2 Å². The molecule has 3 N–H and O–H groups in total. The van der Waals surface area contributed by atoms with Crippen LogP contribution in [0.4, 0.5) is 5.69 Å². The molecule has 0 aliphatic heterocycles. The summed E-state index contributed by atoms with van der Waals surface area (Å²) in [6.45, 7) is 0.489. The summed E-state index contributed by atoms with van der Waals surface area (Å²) in [4.78, 5) is 11.8. The first kappa shape index (κ1) is 14.5. The molecule has 0 radical (unpaired) electrons. The van der Waals surface area contributed by atoms with Gasteiger partial charge in [-0.3, -0.25) is 4.79 Å². The molecule has 1 aromatic carbocycles. The second kappa shape index (κ2) is 7.03. The Morgan fingerprint density at radius 2 is 2.05 bits per heavy atom. The number of carbonyl (C=O) groups excluding carboxylic acids is 1. The molecule has 19 heavy (non-hydrogen) atoms. The molecule has 1 aromatic rings. The predicted octanol–water partition coefficient (Wildman–Crippen LogP) is 2.14. The summed E-state index contributed by atoms with van der Waals surface area (Å²) in [5.41, 5.74) is 0.792. The Morgan fingerprint density at radius 1 is 1.32 bits per heavy atom. The van der Waals surface area contributed by atoms with Crippen molar-refractivity contribution in [3.63, 3.8) is 0 Å². The Morgan fingerprint density at radius 3 is 2.74 bits per heavy atom. The van der Waals surface area contributed by atoms with Crippen LogP contribution in [0.3, 0.4) is 0 Å². The normalized spacial score (nSPS) is 22.4. The van der Waals surface area contributed by atoms with E-state index in [2.05, 4.69) is 26.6 Å². The van der Waals surface area contributed by atoms with E-state index >= 15 is 0 Å². The molecule has 0 aromatic heterocycles. The SMILES string of the molecule is O=C(CNC1CCCC1CO)Nc1ccc(Br)cc1. The number of amides is 1. The van der Waals surface area contributed by atoms with Crippen molar-refractivity contribution < 1.29 is 9.90 Å². The Bertz CT molecular complexity index is 422. The van der Waals surface area contributed by atoms with Crippen molar-refractivity contribution in [2.24, 2.45) is 5.92 Å². The number of nitrogens with one attached hydrogen (secondary N) is 2. The molecule has 5 heteroatoms. The minimum atomic E-state index is -0.0501. The first-order chi connectivity index (χ1) is 9.19. The van der Waals surface area contributed by atoms with Crippen LogP contribution in [0.1, 0.15) is 19.3 Å². The van der Waals surface area contributed by atoms with Crippen molar-refractivity contribution in [1.29, 1.82) is 0 Å². The molecule has 1 aliphatic carbocycles. The minimum absolute atomic E-state index is 0.0501. The predicted molar refractivity (Wildman–Crippen MR) is 79.0 cm³/mol. The highest BCUT2D eigenvalue weighted by Gasteiger charge is 2.26. The molecule has 2 rings (SSSR count). The van der Waals surface area contributed by atoms with E-state index in [1.807, 2.05) is 24.3 Å². The number of halogens is 1. The van der Waals surface area contributed by atoms with Gasteiger partial charge in [-0.2, -0.15) is 0 Å². The van der Waals surface area contributed by atoms with Crippen LogP contribution < -0.4 is 10.6 Å². The highest BCUT2D eigenvalue weighted by Crippen LogP contribution is 2.24. The largest absolute Gasteiger partial charge is 0.396 e. The van der Waals surface area contributed by atoms with E-state index < -0.39 is 0 Å². The Labute approximate surface area is 121 Å². The fourth-order valence-electron chi connectivity index (χ4n) is 2.49. The zero-order valence-corrected chi connectivity index (χ0v) is 12.3. The standard InChI is InChI=1S/C14H19BrN2O2/c15-11-4-6-12(7-5-11)17-14(19)8-16-13-3-1-2-10(13)9-18/h4-7,10,13,16,18H,1-3,8-9H2,(H,17,19). The van der Waals surface area contributed by atoms with Crippen molar-refractivity contribution in [2.45, 2.75) is 25.3 Å². The van der Waals surface area contributed by atoms with Gasteiger partial charge in [-0.05, 0) is 43.0 Å². The van der Waals surface area contributed by atoms with Gasteiger partial charge in [0.25, 0.3) is 0 Å². The van der Waals surface area contributed by atoms with Gasteiger partial charge in [-0.25, -0.2) is 0 Å². The third-order valence-electron chi connectivity index (χ3n) is 3.55. The number of benzene rings is 1. The molecule has 0 bridgehead atoms. The van der Waals surface area contributed by atoms with Crippen molar-refractivity contribution >= 4 is 27.5 Å². The molecule has 1 saturated carbocycles. The number of aliphatic hydroxyl groups excluding tert-OH is 1. The van der Waals surface area contributed by atoms with E-state index in [4.69, 9.17) is 0 Å². The zero-order chi connectivity index (χ0) is 13.7. The maximum absolute atomic E-state index is 11.8. The summed E-state index contributed by atoms with van der Waals surface area (Å²) in [5.74, 6) is 0.242. The lowest BCUT2D eigenvalue weighted by molar-refractivity contribution is -0.115. The van der Waals surface area contributed by atoms with E-state index in [-0.39, 0.29) is 25.1 Å². The molecule has 1 fully saturated rings. The van der Waals surface area contributed by atoms with Gasteiger partial charge < -0.3 is 15.7 Å². The van der Waals surface area contributed by atoms with Gasteiger partial charge in [-0.15, -0.1) is 0 Å². The Kier molecular flexibility index (Phi) is 5.36. The van der Waals surface area contributed by atoms with Crippen LogP contribution in [0, 0.1) is 5.92 Å². The maximum atomic E-state index is 11.8. The average Bonchev–Trinajstić information content (AvgIpc) is 2.86. The van der Waals surface area contributed by atoms with E-state index in [9.17, 15) is 9.90 Å². The summed E-state index contributed by atoms with van der Waals surface area (Å²) in [5, 5.41) is 15.3. The Hall–Kier alpha value is -0.910. The molecule has 104 valence electrons. The maximum Gasteiger partial charge on any atom is 0.238 e. The fraction of sp³-hybridized carbons (Fsp3) is 0.500. The van der Waals surface area contributed by atoms with Gasteiger partial charge >= 0.3 is 0 Å². The first-order valence-electron chi connectivity index (χ1n) is 6.58. The summed E-state index contributed by atoms with van der Waals surface area (Å²) in [6, 6.07) is 7.76. The lowest BCUT2D eigenvalue weighted by atomic mass is 10.1. The smallest absolute Gasteiger partial charge is 0.238 e. The van der Waals surface area contributed by atoms with E-state index in [1.54, 1.807) is 0 Å². The molecular formula is C14H19BrN2O2. The van der Waals surface area contributed by atoms with E-state index in [1.165, 1.54) is 0 Å². The first-order valence-corrected chi connectivity index (χ1v) is 7.38. The lowest BCUT2D eigenvalue weighted by Crippen LogP contribution is -2.39. The Balaban J connectivity index is 1.77. The van der Waals surface area contributed by atoms with Crippen LogP contribution in [0.2, 0.25) is 0 Å². The van der Waals surface area contributed by atoms with Crippen LogP contribution in [0.5, 0.6) is 0 Å². The molecular weight excluding hydrogens is 308 g/mol. The summed E-state index contributed by atoms with van der Waals surface area (Å²) >= 11 is 3.35. The molecule has 2 atom stereocenters. The van der Waals surface area contributed by atoms with Crippen molar-refractivity contribution in [2.75, 3.05) is 18.5 Å². The second-order valence-electron chi connectivity index (χ2n) is 4.92. The third kappa shape index (κ3) is 4.30. The zero-order valence-electron chi connectivity index (χ0n) is 10.7. The summed E-state index contributed by atoms with van der Waals surface area (Å²) in [6.07, 6.45) is 3.20. The molecule has 1 amide bonds. The number of hydrogen-bond donors (Lipinski definition) is 3. The van der Waals surface area contributed by atoms with Crippen molar-refractivity contribution in [3.8, 4) is 0 Å². The lowest BCUT2D eigenvalue weighted by Gasteiger charge is -2.18. The van der Waals surface area contributed by atoms with Gasteiger partial charge in [0.05, 0.1) is 6.54 Å². The van der Waals surface area contributed by atoms with Crippen LogP contribution in [0.25, 0.3) is 0 Å². The molecule has 1 aliphatic rings. The molecule has 0 spiro atoms. The fourth-order valence-corrected chi connectivity index (χ4v) is 2.75. The van der Waals surface area contributed by atoms with E-state index in [0.717, 1.165) is 29.4 Å². The minimum Gasteiger partial charge on any atom is -0.396 e. The van der Waals surface area contributed by atoms with Crippen molar-refractivity contribution in [3.05, 3.63) is 28.7 Å². The molecule has 0 saturated heterocycles. The van der Waals surface area contributed by atoms with Crippen LogP contribution in [-0.2, 0) is 4.79 Å². The van der Waals surface area contributed by atoms with Gasteiger partial charge in [-0.1, -0.05) is 22.4 Å². The van der Waals surface area contributed by atoms with Gasteiger partial charge in [0.2, 0.25) is 5.91 Å². The number of carbonyl (C=O) groups is 1. The van der Waals surface area contributed by atoms with Crippen molar-refractivity contribution in [1.82, 2.24) is 5.32 Å². The topological polar surface area (TPSA) is 61.4 Å². The van der Waals surface area contributed by atoms with Gasteiger partial charge in [0, 0.05) is 22.8 Å². The highest BCUT2D eigenvalue weighted by molar-refractivity contribution is 9.10. The van der Waals surface area contributed by atoms with Gasteiger partial charge in [0.1, 0.15) is 0 Å². The second-order valence-corrected chi connectivity index (χ2v) is 5.83. The van der Waals surface area contributed by atoms with E-state index in [0.29, 0.717) is 5.92 Å². The average molecular weight is 327 g/mol. The molecule has 4 nitrogen and oxygen atoms in total. The van der Waals surface area contributed by atoms with Crippen LogP contribution >= 0.6 is 15.9 Å². The number of hydrogen-bond acceptors (Lipinski definition) is 3. The summed E-state index contributed by atoms with van der Waals surface area (Å²) in [7, 11) is 0. The third-order valence-corrected chi connectivity index (χ3v) is 4.08. The quantitative estimate of drug-likeness (QED) is 0.776. The number of aliphatic hydroxyl groups is 1. The molecule has 2 unspecified atom stereocenters. The molecule has 0 heterocycles. The monoisotopic (exact) mass is 326 g/mol. The highest BCUT2D eigenvalue weighted by atomic mass is 79.9. The number of anilines is 1. The summed E-state index contributed by atoms with van der Waals surface area (Å²) < 4.78 is 0.986. The van der Waals surface area contributed by atoms with Gasteiger partial charge in [0.15, 0.2) is 0 Å². The van der Waals surface area contributed by atoms with Crippen LogP contribution in [0.15, 0.2) is 28.7 Å².